The molecule has 0 radical (unpaired) electrons. The summed E-state index contributed by atoms with van der Waals surface area (Å²) in [6, 6.07) is 0.303. The zero-order valence-electron chi connectivity index (χ0n) is 11.2. The molecule has 0 spiro atoms. The van der Waals surface area contributed by atoms with Gasteiger partial charge in [0.15, 0.2) is 0 Å². The smallest absolute Gasteiger partial charge is 0.410 e. The standard InChI is InChI=1S/C13H23NO3/c1-12(2,3)17-11(15)14-9-5-6-10(14)8-13(4,16)7-9/h9-10,16H,5-8H2,1-4H3/t9-,10+,13?. The Labute approximate surface area is 103 Å². The van der Waals surface area contributed by atoms with E-state index in [0.717, 1.165) is 12.8 Å². The van der Waals surface area contributed by atoms with Crippen molar-refractivity contribution in [3.8, 4) is 0 Å². The van der Waals surface area contributed by atoms with Crippen LogP contribution in [-0.4, -0.2) is 39.4 Å². The van der Waals surface area contributed by atoms with E-state index >= 15 is 0 Å². The lowest BCUT2D eigenvalue weighted by atomic mass is 9.88. The second-order valence-corrected chi connectivity index (χ2v) is 6.68. The summed E-state index contributed by atoms with van der Waals surface area (Å²) in [6.45, 7) is 7.51. The molecule has 2 fully saturated rings. The molecule has 98 valence electrons. The molecular formula is C13H23NO3. The van der Waals surface area contributed by atoms with E-state index in [2.05, 4.69) is 0 Å². The lowest BCUT2D eigenvalue weighted by molar-refractivity contribution is -0.0483. The van der Waals surface area contributed by atoms with Crippen molar-refractivity contribution in [2.24, 2.45) is 0 Å². The molecule has 1 amide bonds. The van der Waals surface area contributed by atoms with Gasteiger partial charge in [-0.15, -0.1) is 0 Å². The minimum Gasteiger partial charge on any atom is -0.444 e. The topological polar surface area (TPSA) is 49.8 Å². The fraction of sp³-hybridized carbons (Fsp3) is 0.923. The minimum absolute atomic E-state index is 0.151. The van der Waals surface area contributed by atoms with Crippen molar-refractivity contribution < 1.29 is 14.6 Å². The molecule has 1 unspecified atom stereocenters. The largest absolute Gasteiger partial charge is 0.444 e. The number of rotatable bonds is 0. The van der Waals surface area contributed by atoms with E-state index < -0.39 is 11.2 Å². The Balaban J connectivity index is 2.07. The first-order valence-electron chi connectivity index (χ1n) is 6.42. The fourth-order valence-electron chi connectivity index (χ4n) is 3.07. The number of aliphatic hydroxyl groups is 1. The summed E-state index contributed by atoms with van der Waals surface area (Å²) in [5, 5.41) is 10.1. The number of carbonyl (C=O) groups is 1. The van der Waals surface area contributed by atoms with Crippen LogP contribution in [0.25, 0.3) is 0 Å². The van der Waals surface area contributed by atoms with Crippen LogP contribution in [-0.2, 0) is 4.74 Å². The highest BCUT2D eigenvalue weighted by molar-refractivity contribution is 5.69. The Bertz CT molecular complexity index is 303. The molecule has 2 aliphatic heterocycles. The third kappa shape index (κ3) is 2.73. The van der Waals surface area contributed by atoms with Crippen molar-refractivity contribution in [2.45, 2.75) is 76.7 Å². The second kappa shape index (κ2) is 3.87. The minimum atomic E-state index is -0.621. The summed E-state index contributed by atoms with van der Waals surface area (Å²) < 4.78 is 5.43. The molecule has 2 saturated heterocycles. The van der Waals surface area contributed by atoms with Gasteiger partial charge in [-0.05, 0) is 53.4 Å². The van der Waals surface area contributed by atoms with Gasteiger partial charge in [-0.3, -0.25) is 0 Å². The first kappa shape index (κ1) is 12.7. The number of piperidine rings is 1. The van der Waals surface area contributed by atoms with Crippen LogP contribution >= 0.6 is 0 Å². The quantitative estimate of drug-likeness (QED) is 0.708. The first-order chi connectivity index (χ1) is 7.68. The van der Waals surface area contributed by atoms with Crippen LogP contribution in [0.15, 0.2) is 0 Å². The van der Waals surface area contributed by atoms with Crippen LogP contribution in [0, 0.1) is 0 Å². The number of ether oxygens (including phenoxy) is 1. The van der Waals surface area contributed by atoms with E-state index in [4.69, 9.17) is 4.74 Å². The maximum atomic E-state index is 12.1. The summed E-state index contributed by atoms with van der Waals surface area (Å²) in [6.07, 6.45) is 3.09. The van der Waals surface area contributed by atoms with Crippen molar-refractivity contribution in [3.63, 3.8) is 0 Å². The van der Waals surface area contributed by atoms with Gasteiger partial charge in [-0.2, -0.15) is 0 Å². The number of amides is 1. The van der Waals surface area contributed by atoms with Gasteiger partial charge >= 0.3 is 6.09 Å². The zero-order valence-corrected chi connectivity index (χ0v) is 11.2. The van der Waals surface area contributed by atoms with Crippen LogP contribution in [0.1, 0.15) is 53.4 Å². The highest BCUT2D eigenvalue weighted by atomic mass is 16.6. The number of fused-ring (bicyclic) bond motifs is 2. The van der Waals surface area contributed by atoms with Crippen LogP contribution < -0.4 is 0 Å². The maximum Gasteiger partial charge on any atom is 0.410 e. The number of carbonyl (C=O) groups excluding carboxylic acids is 1. The summed E-state index contributed by atoms with van der Waals surface area (Å²) in [5.74, 6) is 0. The number of nitrogens with zero attached hydrogens (tertiary/aromatic N) is 1. The SMILES string of the molecule is CC1(O)C[C@H]2CC[C@@H](C1)N2C(=O)OC(C)(C)C. The summed E-state index contributed by atoms with van der Waals surface area (Å²) in [5.41, 5.74) is -1.07. The Morgan fingerprint density at radius 3 is 2.18 bits per heavy atom. The van der Waals surface area contributed by atoms with E-state index in [1.54, 1.807) is 0 Å². The van der Waals surface area contributed by atoms with E-state index in [9.17, 15) is 9.90 Å². The molecule has 17 heavy (non-hydrogen) atoms. The van der Waals surface area contributed by atoms with Crippen molar-refractivity contribution in [1.29, 1.82) is 0 Å². The molecule has 2 heterocycles. The van der Waals surface area contributed by atoms with Crippen molar-refractivity contribution in [2.75, 3.05) is 0 Å². The molecule has 0 aromatic heterocycles. The Hall–Kier alpha value is -0.770. The molecular weight excluding hydrogens is 218 g/mol. The van der Waals surface area contributed by atoms with Crippen molar-refractivity contribution in [1.82, 2.24) is 4.90 Å². The molecule has 2 rings (SSSR count). The van der Waals surface area contributed by atoms with Crippen LogP contribution in [0.3, 0.4) is 0 Å². The normalized spacial score (nSPS) is 37.1. The van der Waals surface area contributed by atoms with Crippen molar-refractivity contribution >= 4 is 6.09 Å². The summed E-state index contributed by atoms with van der Waals surface area (Å²) in [4.78, 5) is 14.0. The van der Waals surface area contributed by atoms with Crippen molar-refractivity contribution in [3.05, 3.63) is 0 Å². The van der Waals surface area contributed by atoms with Crippen LogP contribution in [0.5, 0.6) is 0 Å². The average molecular weight is 241 g/mol. The molecule has 4 heteroatoms. The Morgan fingerprint density at radius 1 is 1.29 bits per heavy atom. The first-order valence-corrected chi connectivity index (χ1v) is 6.42. The van der Waals surface area contributed by atoms with Gasteiger partial charge in [-0.25, -0.2) is 4.79 Å². The third-order valence-electron chi connectivity index (χ3n) is 3.57. The monoisotopic (exact) mass is 241 g/mol. The van der Waals surface area contributed by atoms with Crippen LogP contribution in [0.4, 0.5) is 4.79 Å². The molecule has 2 aliphatic rings. The zero-order chi connectivity index (χ0) is 12.8. The fourth-order valence-corrected chi connectivity index (χ4v) is 3.07. The molecule has 3 atom stereocenters. The lowest BCUT2D eigenvalue weighted by Crippen LogP contribution is -2.53. The molecule has 0 aromatic rings. The van der Waals surface area contributed by atoms with E-state index in [0.29, 0.717) is 12.8 Å². The Kier molecular flexibility index (Phi) is 2.89. The van der Waals surface area contributed by atoms with Gasteiger partial charge in [0.1, 0.15) is 5.60 Å². The average Bonchev–Trinajstić information content (AvgIpc) is 2.35. The van der Waals surface area contributed by atoms with Crippen LogP contribution in [0.2, 0.25) is 0 Å². The van der Waals surface area contributed by atoms with Gasteiger partial charge in [-0.1, -0.05) is 0 Å². The third-order valence-corrected chi connectivity index (χ3v) is 3.57. The van der Waals surface area contributed by atoms with Gasteiger partial charge in [0.25, 0.3) is 0 Å². The molecule has 4 nitrogen and oxygen atoms in total. The van der Waals surface area contributed by atoms with E-state index in [1.165, 1.54) is 0 Å². The highest BCUT2D eigenvalue weighted by Gasteiger charge is 2.48. The molecule has 2 bridgehead atoms. The van der Waals surface area contributed by atoms with Gasteiger partial charge in [0.2, 0.25) is 0 Å². The summed E-state index contributed by atoms with van der Waals surface area (Å²) >= 11 is 0. The van der Waals surface area contributed by atoms with Gasteiger partial charge in [0.05, 0.1) is 5.60 Å². The second-order valence-electron chi connectivity index (χ2n) is 6.68. The number of hydrogen-bond acceptors (Lipinski definition) is 3. The molecule has 0 aromatic carbocycles. The number of hydrogen-bond donors (Lipinski definition) is 1. The lowest BCUT2D eigenvalue weighted by Gasteiger charge is -2.42. The highest BCUT2D eigenvalue weighted by Crippen LogP contribution is 2.41. The molecule has 0 aliphatic carbocycles. The van der Waals surface area contributed by atoms with Gasteiger partial charge in [0, 0.05) is 12.1 Å². The van der Waals surface area contributed by atoms with E-state index in [-0.39, 0.29) is 18.2 Å². The predicted molar refractivity (Wildman–Crippen MR) is 64.7 cm³/mol. The Morgan fingerprint density at radius 2 is 1.76 bits per heavy atom. The maximum absolute atomic E-state index is 12.1. The molecule has 0 saturated carbocycles. The summed E-state index contributed by atoms with van der Waals surface area (Å²) in [7, 11) is 0. The molecule has 1 N–H and O–H groups in total. The predicted octanol–water partition coefficient (Wildman–Crippen LogP) is 2.30. The van der Waals surface area contributed by atoms with Gasteiger partial charge < -0.3 is 14.7 Å². The van der Waals surface area contributed by atoms with E-state index in [1.807, 2.05) is 32.6 Å².